The quantitative estimate of drug-likeness (QED) is 0.730. The summed E-state index contributed by atoms with van der Waals surface area (Å²) in [5, 5.41) is 0. The van der Waals surface area contributed by atoms with Crippen LogP contribution < -0.4 is 5.73 Å². The van der Waals surface area contributed by atoms with Crippen molar-refractivity contribution in [2.75, 3.05) is 5.73 Å². The van der Waals surface area contributed by atoms with Crippen LogP contribution in [0.5, 0.6) is 0 Å². The lowest BCUT2D eigenvalue weighted by Crippen LogP contribution is -1.97. The van der Waals surface area contributed by atoms with Gasteiger partial charge in [0, 0.05) is 5.69 Å². The highest BCUT2D eigenvalue weighted by molar-refractivity contribution is 5.78. The van der Waals surface area contributed by atoms with Crippen molar-refractivity contribution in [2.24, 2.45) is 0 Å². The van der Waals surface area contributed by atoms with E-state index < -0.39 is 0 Å². The Morgan fingerprint density at radius 2 is 1.28 bits per heavy atom. The zero-order valence-corrected chi connectivity index (χ0v) is 11.9. The van der Waals surface area contributed by atoms with Crippen LogP contribution in [-0.4, -0.2) is 0 Å². The van der Waals surface area contributed by atoms with Crippen molar-refractivity contribution in [3.05, 3.63) is 52.1 Å². The lowest BCUT2D eigenvalue weighted by molar-refractivity contribution is 1.24. The minimum absolute atomic E-state index is 0.827. The Morgan fingerprint density at radius 3 is 1.83 bits per heavy atom. The standard InChI is InChI=1S/C17H21N/c1-10-6-7-15(18)9-16(10)17-13(4)11(2)8-12(3)14(17)5/h6-9H,18H2,1-5H3. The molecule has 1 heteroatoms. The molecule has 2 N–H and O–H groups in total. The summed E-state index contributed by atoms with van der Waals surface area (Å²) in [6.45, 7) is 10.9. The lowest BCUT2D eigenvalue weighted by Gasteiger charge is -2.17. The van der Waals surface area contributed by atoms with Gasteiger partial charge in [-0.1, -0.05) is 12.1 Å². The molecule has 94 valence electrons. The van der Waals surface area contributed by atoms with E-state index in [-0.39, 0.29) is 0 Å². The van der Waals surface area contributed by atoms with Crippen LogP contribution in [-0.2, 0) is 0 Å². The Hall–Kier alpha value is -1.76. The van der Waals surface area contributed by atoms with E-state index in [1.54, 1.807) is 0 Å². The summed E-state index contributed by atoms with van der Waals surface area (Å²) < 4.78 is 0. The largest absolute Gasteiger partial charge is 0.399 e. The number of rotatable bonds is 1. The van der Waals surface area contributed by atoms with Gasteiger partial charge in [0.2, 0.25) is 0 Å². The number of anilines is 1. The summed E-state index contributed by atoms with van der Waals surface area (Å²) >= 11 is 0. The summed E-state index contributed by atoms with van der Waals surface area (Å²) in [4.78, 5) is 0. The molecule has 0 heterocycles. The van der Waals surface area contributed by atoms with Crippen LogP contribution in [0.3, 0.4) is 0 Å². The molecule has 0 saturated carbocycles. The zero-order chi connectivity index (χ0) is 13.4. The molecule has 0 saturated heterocycles. The molecular weight excluding hydrogens is 218 g/mol. The van der Waals surface area contributed by atoms with Crippen molar-refractivity contribution in [2.45, 2.75) is 34.6 Å². The molecule has 0 bridgehead atoms. The molecule has 0 aromatic heterocycles. The summed E-state index contributed by atoms with van der Waals surface area (Å²) in [5.41, 5.74) is 16.0. The van der Waals surface area contributed by atoms with Gasteiger partial charge in [-0.15, -0.1) is 0 Å². The van der Waals surface area contributed by atoms with E-state index in [4.69, 9.17) is 5.73 Å². The zero-order valence-electron chi connectivity index (χ0n) is 11.9. The minimum Gasteiger partial charge on any atom is -0.399 e. The summed E-state index contributed by atoms with van der Waals surface area (Å²) in [5.74, 6) is 0. The van der Waals surface area contributed by atoms with Gasteiger partial charge in [0.15, 0.2) is 0 Å². The highest BCUT2D eigenvalue weighted by atomic mass is 14.5. The third kappa shape index (κ3) is 2.01. The van der Waals surface area contributed by atoms with Gasteiger partial charge in [0.1, 0.15) is 0 Å². The fraction of sp³-hybridized carbons (Fsp3) is 0.294. The Kier molecular flexibility index (Phi) is 3.16. The maximum absolute atomic E-state index is 5.94. The molecule has 0 aliphatic heterocycles. The maximum Gasteiger partial charge on any atom is 0.0320 e. The van der Waals surface area contributed by atoms with Crippen LogP contribution >= 0.6 is 0 Å². The monoisotopic (exact) mass is 239 g/mol. The maximum atomic E-state index is 5.94. The molecule has 0 unspecified atom stereocenters. The van der Waals surface area contributed by atoms with Gasteiger partial charge in [-0.05, 0) is 85.7 Å². The van der Waals surface area contributed by atoms with E-state index in [0.717, 1.165) is 5.69 Å². The van der Waals surface area contributed by atoms with Crippen LogP contribution in [0.15, 0.2) is 24.3 Å². The smallest absolute Gasteiger partial charge is 0.0320 e. The first-order valence-corrected chi connectivity index (χ1v) is 6.35. The molecule has 2 aromatic rings. The highest BCUT2D eigenvalue weighted by Gasteiger charge is 2.12. The van der Waals surface area contributed by atoms with E-state index >= 15 is 0 Å². The molecule has 0 atom stereocenters. The highest BCUT2D eigenvalue weighted by Crippen LogP contribution is 2.34. The molecule has 0 aliphatic rings. The van der Waals surface area contributed by atoms with Gasteiger partial charge in [-0.3, -0.25) is 0 Å². The van der Waals surface area contributed by atoms with E-state index in [1.165, 1.54) is 38.9 Å². The molecule has 2 rings (SSSR count). The topological polar surface area (TPSA) is 26.0 Å². The van der Waals surface area contributed by atoms with E-state index in [2.05, 4.69) is 52.8 Å². The van der Waals surface area contributed by atoms with Gasteiger partial charge in [-0.25, -0.2) is 0 Å². The lowest BCUT2D eigenvalue weighted by atomic mass is 9.87. The number of benzene rings is 2. The number of nitrogens with two attached hydrogens (primary N) is 1. The van der Waals surface area contributed by atoms with Crippen molar-refractivity contribution in [3.8, 4) is 11.1 Å². The number of aryl methyl sites for hydroxylation is 3. The third-order valence-corrected chi connectivity index (χ3v) is 3.90. The first-order valence-electron chi connectivity index (χ1n) is 6.35. The van der Waals surface area contributed by atoms with Crippen molar-refractivity contribution in [1.29, 1.82) is 0 Å². The fourth-order valence-corrected chi connectivity index (χ4v) is 2.53. The first-order chi connectivity index (χ1) is 8.41. The van der Waals surface area contributed by atoms with Crippen molar-refractivity contribution in [3.63, 3.8) is 0 Å². The molecule has 18 heavy (non-hydrogen) atoms. The SMILES string of the molecule is Cc1ccc(N)cc1-c1c(C)c(C)cc(C)c1C. The van der Waals surface area contributed by atoms with Crippen molar-refractivity contribution < 1.29 is 0 Å². The Morgan fingerprint density at radius 1 is 0.722 bits per heavy atom. The van der Waals surface area contributed by atoms with E-state index in [9.17, 15) is 0 Å². The second kappa shape index (κ2) is 4.49. The molecule has 0 fully saturated rings. The normalized spacial score (nSPS) is 10.7. The van der Waals surface area contributed by atoms with Gasteiger partial charge in [0.05, 0.1) is 0 Å². The third-order valence-electron chi connectivity index (χ3n) is 3.90. The van der Waals surface area contributed by atoms with Crippen LogP contribution in [0.25, 0.3) is 11.1 Å². The van der Waals surface area contributed by atoms with E-state index in [1.807, 2.05) is 6.07 Å². The molecular formula is C17H21N. The van der Waals surface area contributed by atoms with Gasteiger partial charge >= 0.3 is 0 Å². The predicted octanol–water partition coefficient (Wildman–Crippen LogP) is 4.48. The van der Waals surface area contributed by atoms with E-state index in [0.29, 0.717) is 0 Å². The minimum atomic E-state index is 0.827. The van der Waals surface area contributed by atoms with Crippen molar-refractivity contribution >= 4 is 5.69 Å². The van der Waals surface area contributed by atoms with Gasteiger partial charge < -0.3 is 5.73 Å². The van der Waals surface area contributed by atoms with Crippen LogP contribution in [0.4, 0.5) is 5.69 Å². The average Bonchev–Trinajstić information content (AvgIpc) is 2.31. The molecule has 0 radical (unpaired) electrons. The molecule has 1 nitrogen and oxygen atoms in total. The number of hydrogen-bond acceptors (Lipinski definition) is 1. The summed E-state index contributed by atoms with van der Waals surface area (Å²) in [6.07, 6.45) is 0. The predicted molar refractivity (Wildman–Crippen MR) is 80.0 cm³/mol. The summed E-state index contributed by atoms with van der Waals surface area (Å²) in [6, 6.07) is 8.41. The van der Waals surface area contributed by atoms with Gasteiger partial charge in [-0.2, -0.15) is 0 Å². The van der Waals surface area contributed by atoms with Crippen LogP contribution in [0.1, 0.15) is 27.8 Å². The van der Waals surface area contributed by atoms with Crippen LogP contribution in [0.2, 0.25) is 0 Å². The first kappa shape index (κ1) is 12.7. The second-order valence-corrected chi connectivity index (χ2v) is 5.21. The van der Waals surface area contributed by atoms with Gasteiger partial charge in [0.25, 0.3) is 0 Å². The van der Waals surface area contributed by atoms with Crippen molar-refractivity contribution in [1.82, 2.24) is 0 Å². The molecule has 0 spiro atoms. The Bertz CT molecular complexity index is 583. The fourth-order valence-electron chi connectivity index (χ4n) is 2.53. The second-order valence-electron chi connectivity index (χ2n) is 5.21. The molecule has 0 amide bonds. The Balaban J connectivity index is 2.82. The number of nitrogen functional groups attached to an aromatic ring is 1. The summed E-state index contributed by atoms with van der Waals surface area (Å²) in [7, 11) is 0. The molecule has 2 aromatic carbocycles. The molecule has 0 aliphatic carbocycles. The average molecular weight is 239 g/mol. The Labute approximate surface area is 110 Å². The van der Waals surface area contributed by atoms with Crippen LogP contribution in [0, 0.1) is 34.6 Å². The number of hydrogen-bond donors (Lipinski definition) is 1.